The minimum atomic E-state index is 0.152. The highest BCUT2D eigenvalue weighted by Crippen LogP contribution is 2.30. The number of nitrogens with one attached hydrogen (secondary N) is 1. The van der Waals surface area contributed by atoms with Gasteiger partial charge in [0.1, 0.15) is 25.2 Å². The lowest BCUT2D eigenvalue weighted by Crippen LogP contribution is -2.34. The number of likely N-dealkylation sites (N-methyl/N-ethyl adjacent to an activating group) is 1. The summed E-state index contributed by atoms with van der Waals surface area (Å²) in [6.45, 7) is 8.19. The van der Waals surface area contributed by atoms with Crippen molar-refractivity contribution in [2.45, 2.75) is 70.8 Å². The molecule has 0 bridgehead atoms. The Morgan fingerprint density at radius 2 is 1.77 bits per heavy atom. The molecule has 0 aromatic heterocycles. The van der Waals surface area contributed by atoms with Crippen LogP contribution in [-0.4, -0.2) is 70.0 Å². The Balaban J connectivity index is 0.000000217. The fraction of sp³-hybridized carbons (Fsp3) is 0.562. The summed E-state index contributed by atoms with van der Waals surface area (Å²) in [5.41, 5.74) is 2.49. The Morgan fingerprint density at radius 1 is 1.05 bits per heavy atom. The molecule has 216 valence electrons. The van der Waals surface area contributed by atoms with Crippen molar-refractivity contribution in [3.05, 3.63) is 53.6 Å². The highest BCUT2D eigenvalue weighted by atomic mass is 16.6. The van der Waals surface area contributed by atoms with Crippen molar-refractivity contribution >= 4 is 12.1 Å². The van der Waals surface area contributed by atoms with Crippen molar-refractivity contribution in [1.82, 2.24) is 10.2 Å². The molecule has 2 aliphatic heterocycles. The van der Waals surface area contributed by atoms with E-state index in [2.05, 4.69) is 43.2 Å². The molecule has 0 saturated carbocycles. The van der Waals surface area contributed by atoms with Crippen LogP contribution in [0.4, 0.5) is 0 Å². The van der Waals surface area contributed by atoms with Gasteiger partial charge in [0.15, 0.2) is 17.3 Å². The Bertz CT molecular complexity index is 991. The number of hydrogen-bond donors (Lipinski definition) is 1. The van der Waals surface area contributed by atoms with Crippen LogP contribution in [0.5, 0.6) is 17.2 Å². The molecular formula is C32H48N2O5. The number of Topliss-reactive ketones (excluding diaryl/α,β-unsaturated/α-hetero) is 1. The summed E-state index contributed by atoms with van der Waals surface area (Å²) >= 11 is 0. The maximum Gasteiger partial charge on any atom is 0.162 e. The van der Waals surface area contributed by atoms with Gasteiger partial charge in [-0.3, -0.25) is 4.79 Å². The van der Waals surface area contributed by atoms with Gasteiger partial charge in [0.05, 0.1) is 7.11 Å². The fourth-order valence-electron chi connectivity index (χ4n) is 4.37. The SMILES string of the molecule is CN1CCCC1(C)C.CNCCc1ccc2c(c1)OCCO2.COc1ccc(C(=O)CCCCCC=O)cc1. The van der Waals surface area contributed by atoms with E-state index in [4.69, 9.17) is 14.2 Å². The summed E-state index contributed by atoms with van der Waals surface area (Å²) in [5, 5.41) is 3.12. The Hall–Kier alpha value is -2.90. The summed E-state index contributed by atoms with van der Waals surface area (Å²) in [6.07, 6.45) is 8.48. The molecule has 1 N–H and O–H groups in total. The van der Waals surface area contributed by atoms with E-state index in [9.17, 15) is 9.59 Å². The zero-order chi connectivity index (χ0) is 28.5. The van der Waals surface area contributed by atoms with Crippen molar-refractivity contribution < 1.29 is 23.8 Å². The molecule has 0 atom stereocenters. The largest absolute Gasteiger partial charge is 0.497 e. The van der Waals surface area contributed by atoms with Gasteiger partial charge in [-0.15, -0.1) is 0 Å². The van der Waals surface area contributed by atoms with Gasteiger partial charge in [-0.05, 0) is 115 Å². The molecule has 7 nitrogen and oxygen atoms in total. The second-order valence-corrected chi connectivity index (χ2v) is 10.6. The second kappa shape index (κ2) is 17.6. The summed E-state index contributed by atoms with van der Waals surface area (Å²) in [4.78, 5) is 24.3. The molecule has 4 rings (SSSR count). The van der Waals surface area contributed by atoms with E-state index in [1.807, 2.05) is 13.1 Å². The number of aldehydes is 1. The molecule has 1 fully saturated rings. The predicted molar refractivity (Wildman–Crippen MR) is 157 cm³/mol. The number of rotatable bonds is 11. The van der Waals surface area contributed by atoms with Crippen molar-refractivity contribution in [2.24, 2.45) is 0 Å². The maximum absolute atomic E-state index is 11.8. The fourth-order valence-corrected chi connectivity index (χ4v) is 4.37. The van der Waals surface area contributed by atoms with Crippen molar-refractivity contribution in [1.29, 1.82) is 0 Å². The molecule has 2 aliphatic rings. The van der Waals surface area contributed by atoms with E-state index in [1.165, 1.54) is 24.9 Å². The molecule has 0 spiro atoms. The van der Waals surface area contributed by atoms with Crippen LogP contribution in [0.1, 0.15) is 74.7 Å². The number of carbonyl (C=O) groups excluding carboxylic acids is 2. The third kappa shape index (κ3) is 11.8. The Morgan fingerprint density at radius 3 is 2.33 bits per heavy atom. The minimum Gasteiger partial charge on any atom is -0.497 e. The number of benzene rings is 2. The first-order valence-corrected chi connectivity index (χ1v) is 14.2. The lowest BCUT2D eigenvalue weighted by molar-refractivity contribution is -0.107. The average molecular weight is 541 g/mol. The standard InChI is InChI=1S/C14H18O3.C11H15NO2.C7H15N/c1-17-13-9-7-12(8-10-13)14(16)6-4-2-3-5-11-15;1-12-5-4-9-2-3-10-11(8-9)14-7-6-13-10;1-7(2)5-4-6-8(7)3/h7-11H,2-6H2,1H3;2-3,8,12H,4-7H2,1H3;4-6H2,1-3H3. The highest BCUT2D eigenvalue weighted by Gasteiger charge is 2.27. The maximum atomic E-state index is 11.8. The zero-order valence-electron chi connectivity index (χ0n) is 24.6. The van der Waals surface area contributed by atoms with Crippen molar-refractivity contribution in [2.75, 3.05) is 47.5 Å². The second-order valence-electron chi connectivity index (χ2n) is 10.6. The Kier molecular flexibility index (Phi) is 14.6. The number of methoxy groups -OCH3 is 1. The number of fused-ring (bicyclic) bond motifs is 1. The molecule has 2 aromatic carbocycles. The van der Waals surface area contributed by atoms with Crippen LogP contribution >= 0.6 is 0 Å². The van der Waals surface area contributed by atoms with Crippen LogP contribution in [0.25, 0.3) is 0 Å². The molecule has 2 aromatic rings. The Labute approximate surface area is 235 Å². The number of ketones is 1. The number of carbonyl (C=O) groups is 2. The van der Waals surface area contributed by atoms with Gasteiger partial charge in [-0.2, -0.15) is 0 Å². The van der Waals surface area contributed by atoms with Crippen LogP contribution in [0, 0.1) is 0 Å². The third-order valence-corrected chi connectivity index (χ3v) is 7.22. The average Bonchev–Trinajstić information content (AvgIpc) is 3.27. The van der Waals surface area contributed by atoms with Crippen LogP contribution in [0.15, 0.2) is 42.5 Å². The van der Waals surface area contributed by atoms with Crippen LogP contribution < -0.4 is 19.5 Å². The molecule has 0 aliphatic carbocycles. The van der Waals surface area contributed by atoms with Crippen molar-refractivity contribution in [3.63, 3.8) is 0 Å². The molecule has 7 heteroatoms. The topological polar surface area (TPSA) is 77.1 Å². The van der Waals surface area contributed by atoms with Gasteiger partial charge in [0.25, 0.3) is 0 Å². The molecule has 0 radical (unpaired) electrons. The summed E-state index contributed by atoms with van der Waals surface area (Å²) in [6, 6.07) is 13.3. The van der Waals surface area contributed by atoms with E-state index < -0.39 is 0 Å². The third-order valence-electron chi connectivity index (χ3n) is 7.22. The van der Waals surface area contributed by atoms with Gasteiger partial charge < -0.3 is 29.2 Å². The van der Waals surface area contributed by atoms with Gasteiger partial charge in [-0.25, -0.2) is 0 Å². The monoisotopic (exact) mass is 540 g/mol. The molecule has 0 amide bonds. The normalized spacial score (nSPS) is 15.3. The summed E-state index contributed by atoms with van der Waals surface area (Å²) in [5.74, 6) is 2.65. The molecule has 0 unspecified atom stereocenters. The van der Waals surface area contributed by atoms with Gasteiger partial charge in [0.2, 0.25) is 0 Å². The van der Waals surface area contributed by atoms with E-state index in [1.54, 1.807) is 31.4 Å². The zero-order valence-corrected chi connectivity index (χ0v) is 24.6. The number of ether oxygens (including phenoxy) is 3. The van der Waals surface area contributed by atoms with Gasteiger partial charge in [-0.1, -0.05) is 12.5 Å². The first-order chi connectivity index (χ1) is 18.8. The van der Waals surface area contributed by atoms with Gasteiger partial charge in [0, 0.05) is 23.9 Å². The van der Waals surface area contributed by atoms with Crippen LogP contribution in [0.3, 0.4) is 0 Å². The summed E-state index contributed by atoms with van der Waals surface area (Å²) < 4.78 is 16.0. The lowest BCUT2D eigenvalue weighted by Gasteiger charge is -2.26. The summed E-state index contributed by atoms with van der Waals surface area (Å²) in [7, 11) is 5.76. The molecule has 1 saturated heterocycles. The van der Waals surface area contributed by atoms with Crippen LogP contribution in [0.2, 0.25) is 0 Å². The number of nitrogens with zero attached hydrogens (tertiary/aromatic N) is 1. The number of hydrogen-bond acceptors (Lipinski definition) is 7. The number of likely N-dealkylation sites (tertiary alicyclic amines) is 1. The molecule has 39 heavy (non-hydrogen) atoms. The highest BCUT2D eigenvalue weighted by molar-refractivity contribution is 5.96. The first kappa shape index (κ1) is 32.3. The van der Waals surface area contributed by atoms with E-state index in [-0.39, 0.29) is 5.78 Å². The van der Waals surface area contributed by atoms with E-state index in [0.717, 1.165) is 61.3 Å². The quantitative estimate of drug-likeness (QED) is 0.221. The van der Waals surface area contributed by atoms with Gasteiger partial charge >= 0.3 is 0 Å². The lowest BCUT2D eigenvalue weighted by atomic mass is 10.0. The van der Waals surface area contributed by atoms with E-state index in [0.29, 0.717) is 31.6 Å². The molecule has 2 heterocycles. The first-order valence-electron chi connectivity index (χ1n) is 14.2. The predicted octanol–water partition coefficient (Wildman–Crippen LogP) is 5.74. The van der Waals surface area contributed by atoms with Crippen LogP contribution in [-0.2, 0) is 11.2 Å². The smallest absolute Gasteiger partial charge is 0.162 e. The van der Waals surface area contributed by atoms with E-state index >= 15 is 0 Å². The van der Waals surface area contributed by atoms with Crippen molar-refractivity contribution in [3.8, 4) is 17.2 Å². The number of unbranched alkanes of at least 4 members (excludes halogenated alkanes) is 3. The molecular weight excluding hydrogens is 492 g/mol. The minimum absolute atomic E-state index is 0.152.